The molecule has 0 atom stereocenters. The maximum atomic E-state index is 14.0. The number of benzene rings is 1. The number of carbonyl (C=O) groups is 2. The zero-order chi connectivity index (χ0) is 16.3. The maximum absolute atomic E-state index is 14.0. The summed E-state index contributed by atoms with van der Waals surface area (Å²) in [6.45, 7) is 3.50. The first kappa shape index (κ1) is 15.7. The number of halogens is 1. The zero-order valence-electron chi connectivity index (χ0n) is 12.5. The zero-order valence-corrected chi connectivity index (χ0v) is 12.5. The molecule has 7 heteroatoms. The molecule has 0 saturated carbocycles. The van der Waals surface area contributed by atoms with Gasteiger partial charge in [-0.05, 0) is 37.6 Å². The van der Waals surface area contributed by atoms with Crippen LogP contribution in [0.3, 0.4) is 0 Å². The van der Waals surface area contributed by atoms with Crippen LogP contribution in [0.2, 0.25) is 0 Å². The van der Waals surface area contributed by atoms with Gasteiger partial charge in [-0.1, -0.05) is 0 Å². The van der Waals surface area contributed by atoms with Crippen LogP contribution in [0.5, 0.6) is 0 Å². The molecule has 0 fully saturated rings. The molecular weight excluding hydrogens is 289 g/mol. The average molecular weight is 305 g/mol. The second kappa shape index (κ2) is 6.38. The van der Waals surface area contributed by atoms with Crippen LogP contribution in [-0.2, 0) is 11.8 Å². The number of amides is 1. The SMILES string of the molecule is CCOC(=O)c1cc(NC(=O)c2ccnn2C)c(F)cc1C. The van der Waals surface area contributed by atoms with Gasteiger partial charge in [-0.25, -0.2) is 9.18 Å². The molecule has 2 aromatic rings. The van der Waals surface area contributed by atoms with Gasteiger partial charge in [-0.15, -0.1) is 0 Å². The third kappa shape index (κ3) is 3.13. The topological polar surface area (TPSA) is 73.2 Å². The molecule has 22 heavy (non-hydrogen) atoms. The van der Waals surface area contributed by atoms with E-state index in [2.05, 4.69) is 10.4 Å². The standard InChI is InChI=1S/C15H16FN3O3/c1-4-22-15(21)10-8-12(11(16)7-9(10)2)18-14(20)13-5-6-17-19(13)3/h5-8H,4H2,1-3H3,(H,18,20). The molecule has 1 heterocycles. The minimum absolute atomic E-state index is 0.0835. The normalized spacial score (nSPS) is 10.4. The van der Waals surface area contributed by atoms with Crippen molar-refractivity contribution in [3.8, 4) is 0 Å². The molecular formula is C15H16FN3O3. The first-order chi connectivity index (χ1) is 10.4. The Balaban J connectivity index is 2.31. The number of esters is 1. The van der Waals surface area contributed by atoms with Gasteiger partial charge in [0, 0.05) is 13.2 Å². The summed E-state index contributed by atoms with van der Waals surface area (Å²) in [4.78, 5) is 23.9. The minimum atomic E-state index is -0.624. The molecule has 1 aromatic carbocycles. The van der Waals surface area contributed by atoms with Crippen LogP contribution >= 0.6 is 0 Å². The molecule has 1 aromatic heterocycles. The number of carbonyl (C=O) groups excluding carboxylic acids is 2. The van der Waals surface area contributed by atoms with Crippen LogP contribution in [-0.4, -0.2) is 28.3 Å². The van der Waals surface area contributed by atoms with E-state index in [4.69, 9.17) is 4.74 Å². The molecule has 0 unspecified atom stereocenters. The molecule has 1 amide bonds. The first-order valence-electron chi connectivity index (χ1n) is 6.70. The quantitative estimate of drug-likeness (QED) is 0.880. The number of aromatic nitrogens is 2. The molecule has 1 N–H and O–H groups in total. The number of ether oxygens (including phenoxy) is 1. The molecule has 0 aliphatic heterocycles. The van der Waals surface area contributed by atoms with Gasteiger partial charge in [0.15, 0.2) is 0 Å². The lowest BCUT2D eigenvalue weighted by Gasteiger charge is -2.11. The smallest absolute Gasteiger partial charge is 0.338 e. The molecule has 0 bridgehead atoms. The summed E-state index contributed by atoms with van der Waals surface area (Å²) in [5, 5.41) is 6.31. The third-order valence-electron chi connectivity index (χ3n) is 3.11. The Bertz CT molecular complexity index is 725. The van der Waals surface area contributed by atoms with Crippen LogP contribution in [0.4, 0.5) is 10.1 Å². The molecule has 6 nitrogen and oxygen atoms in total. The van der Waals surface area contributed by atoms with E-state index >= 15 is 0 Å². The number of aryl methyl sites for hydroxylation is 2. The summed E-state index contributed by atoms with van der Waals surface area (Å²) in [6, 6.07) is 3.97. The predicted molar refractivity (Wildman–Crippen MR) is 78.3 cm³/mol. The van der Waals surface area contributed by atoms with E-state index < -0.39 is 17.7 Å². The highest BCUT2D eigenvalue weighted by Crippen LogP contribution is 2.21. The largest absolute Gasteiger partial charge is 0.462 e. The van der Waals surface area contributed by atoms with Crippen LogP contribution in [0, 0.1) is 12.7 Å². The Morgan fingerprint density at radius 1 is 1.41 bits per heavy atom. The molecule has 0 saturated heterocycles. The van der Waals surface area contributed by atoms with Crippen molar-refractivity contribution in [3.63, 3.8) is 0 Å². The van der Waals surface area contributed by atoms with Crippen molar-refractivity contribution in [2.24, 2.45) is 7.05 Å². The lowest BCUT2D eigenvalue weighted by atomic mass is 10.1. The van der Waals surface area contributed by atoms with Crippen molar-refractivity contribution in [1.29, 1.82) is 0 Å². The molecule has 116 valence electrons. The Hall–Kier alpha value is -2.70. The second-order valence-electron chi connectivity index (χ2n) is 4.66. The Labute approximate surface area is 126 Å². The van der Waals surface area contributed by atoms with Gasteiger partial charge in [0.2, 0.25) is 0 Å². The number of rotatable bonds is 4. The highest BCUT2D eigenvalue weighted by molar-refractivity contribution is 6.04. The van der Waals surface area contributed by atoms with E-state index in [0.717, 1.165) is 0 Å². The third-order valence-corrected chi connectivity index (χ3v) is 3.11. The summed E-state index contributed by atoms with van der Waals surface area (Å²) in [7, 11) is 1.60. The number of anilines is 1. The number of nitrogens with one attached hydrogen (secondary N) is 1. The van der Waals surface area contributed by atoms with Crippen molar-refractivity contribution in [2.75, 3.05) is 11.9 Å². The fraction of sp³-hybridized carbons (Fsp3) is 0.267. The van der Waals surface area contributed by atoms with Gasteiger partial charge in [0.05, 0.1) is 17.9 Å². The number of hydrogen-bond acceptors (Lipinski definition) is 4. The Morgan fingerprint density at radius 2 is 2.14 bits per heavy atom. The summed E-state index contributed by atoms with van der Waals surface area (Å²) in [5.41, 5.74) is 0.843. The van der Waals surface area contributed by atoms with Gasteiger partial charge >= 0.3 is 5.97 Å². The molecule has 0 radical (unpaired) electrons. The van der Waals surface area contributed by atoms with Gasteiger partial charge in [0.25, 0.3) is 5.91 Å². The number of nitrogens with zero attached hydrogens (tertiary/aromatic N) is 2. The summed E-state index contributed by atoms with van der Waals surface area (Å²) >= 11 is 0. The van der Waals surface area contributed by atoms with E-state index in [0.29, 0.717) is 5.56 Å². The highest BCUT2D eigenvalue weighted by atomic mass is 19.1. The predicted octanol–water partition coefficient (Wildman–Crippen LogP) is 2.30. The lowest BCUT2D eigenvalue weighted by Crippen LogP contribution is -2.18. The Morgan fingerprint density at radius 3 is 2.73 bits per heavy atom. The molecule has 0 spiro atoms. The van der Waals surface area contributed by atoms with Crippen molar-refractivity contribution < 1.29 is 18.7 Å². The fourth-order valence-corrected chi connectivity index (χ4v) is 1.98. The van der Waals surface area contributed by atoms with Crippen LogP contribution in [0.25, 0.3) is 0 Å². The van der Waals surface area contributed by atoms with Crippen LogP contribution < -0.4 is 5.32 Å². The monoisotopic (exact) mass is 305 g/mol. The fourth-order valence-electron chi connectivity index (χ4n) is 1.98. The summed E-state index contributed by atoms with van der Waals surface area (Å²) in [6.07, 6.45) is 1.46. The van der Waals surface area contributed by atoms with E-state index in [1.165, 1.54) is 29.1 Å². The average Bonchev–Trinajstić information content (AvgIpc) is 2.88. The lowest BCUT2D eigenvalue weighted by molar-refractivity contribution is 0.0525. The van der Waals surface area contributed by atoms with Crippen molar-refractivity contribution >= 4 is 17.6 Å². The van der Waals surface area contributed by atoms with E-state index in [1.54, 1.807) is 20.9 Å². The van der Waals surface area contributed by atoms with Gasteiger partial charge in [0.1, 0.15) is 11.5 Å². The van der Waals surface area contributed by atoms with E-state index in [-0.39, 0.29) is 23.6 Å². The molecule has 2 rings (SSSR count). The van der Waals surface area contributed by atoms with Crippen LogP contribution in [0.15, 0.2) is 24.4 Å². The summed E-state index contributed by atoms with van der Waals surface area (Å²) in [5.74, 6) is -1.70. The Kier molecular flexibility index (Phi) is 4.55. The highest BCUT2D eigenvalue weighted by Gasteiger charge is 2.17. The van der Waals surface area contributed by atoms with E-state index in [1.807, 2.05) is 0 Å². The van der Waals surface area contributed by atoms with Gasteiger partial charge < -0.3 is 10.1 Å². The second-order valence-corrected chi connectivity index (χ2v) is 4.66. The van der Waals surface area contributed by atoms with Gasteiger partial charge in [-0.2, -0.15) is 5.10 Å². The maximum Gasteiger partial charge on any atom is 0.338 e. The molecule has 0 aliphatic rings. The van der Waals surface area contributed by atoms with Crippen molar-refractivity contribution in [1.82, 2.24) is 9.78 Å². The molecule has 0 aliphatic carbocycles. The summed E-state index contributed by atoms with van der Waals surface area (Å²) < 4.78 is 20.3. The number of hydrogen-bond donors (Lipinski definition) is 1. The van der Waals surface area contributed by atoms with Crippen LogP contribution in [0.1, 0.15) is 33.3 Å². The first-order valence-corrected chi connectivity index (χ1v) is 6.70. The minimum Gasteiger partial charge on any atom is -0.462 e. The van der Waals surface area contributed by atoms with E-state index in [9.17, 15) is 14.0 Å². The van der Waals surface area contributed by atoms with Gasteiger partial charge in [-0.3, -0.25) is 9.48 Å². The van der Waals surface area contributed by atoms with Crippen molar-refractivity contribution in [3.05, 3.63) is 47.0 Å². The van der Waals surface area contributed by atoms with Crippen molar-refractivity contribution in [2.45, 2.75) is 13.8 Å².